The molecular weight excluding hydrogens is 320 g/mol. The number of hydrogen-bond acceptors (Lipinski definition) is 4. The van der Waals surface area contributed by atoms with Gasteiger partial charge in [-0.1, -0.05) is 37.8 Å². The van der Waals surface area contributed by atoms with E-state index in [4.69, 9.17) is 0 Å². The lowest BCUT2D eigenvalue weighted by Crippen LogP contribution is -2.06. The molecule has 6 heteroatoms. The Balaban J connectivity index is 3.43. The molecule has 0 spiro atoms. The van der Waals surface area contributed by atoms with Crippen molar-refractivity contribution in [1.82, 2.24) is 0 Å². The van der Waals surface area contributed by atoms with E-state index in [1.165, 1.54) is 0 Å². The van der Waals surface area contributed by atoms with E-state index in [-0.39, 0.29) is 23.2 Å². The van der Waals surface area contributed by atoms with E-state index in [2.05, 4.69) is 53.4 Å². The first kappa shape index (κ1) is 13.5. The van der Waals surface area contributed by atoms with Crippen molar-refractivity contribution < 1.29 is 19.1 Å². The summed E-state index contributed by atoms with van der Waals surface area (Å²) in [4.78, 5) is 21.1. The van der Waals surface area contributed by atoms with Gasteiger partial charge in [0.2, 0.25) is 0 Å². The normalized spacial score (nSPS) is 8.43. The Morgan fingerprint density at radius 1 is 1.14 bits per heavy atom. The van der Waals surface area contributed by atoms with Crippen LogP contribution in [-0.4, -0.2) is 29.2 Å². The Kier molecular flexibility index (Phi) is 8.68. The molecule has 0 bridgehead atoms. The highest BCUT2D eigenvalue weighted by Crippen LogP contribution is 1.88. The van der Waals surface area contributed by atoms with Gasteiger partial charge in [0, 0.05) is 6.42 Å². The quantitative estimate of drug-likeness (QED) is 0.337. The molecule has 0 atom stereocenters. The maximum absolute atomic E-state index is 10.6. The van der Waals surface area contributed by atoms with Crippen LogP contribution in [0.3, 0.4) is 0 Å². The lowest BCUT2D eigenvalue weighted by atomic mass is 10.5. The molecule has 0 heterocycles. The predicted molar refractivity (Wildman–Crippen MR) is 57.0 cm³/mol. The summed E-state index contributed by atoms with van der Waals surface area (Å²) in [6.07, 6.45) is 2.54. The summed E-state index contributed by atoms with van der Waals surface area (Å²) < 4.78 is 9.11. The van der Waals surface area contributed by atoms with Crippen LogP contribution in [0.2, 0.25) is 0 Å². The maximum atomic E-state index is 10.6. The van der Waals surface area contributed by atoms with Crippen LogP contribution in [0, 0.1) is 12.0 Å². The van der Waals surface area contributed by atoms with Gasteiger partial charge in [-0.3, -0.25) is 9.59 Å². The van der Waals surface area contributed by atoms with Crippen molar-refractivity contribution in [2.45, 2.75) is 6.42 Å². The van der Waals surface area contributed by atoms with Gasteiger partial charge in [-0.15, -0.1) is 0 Å². The first-order valence-corrected chi connectivity index (χ1v) is 5.90. The molecule has 0 rings (SSSR count). The highest BCUT2D eigenvalue weighted by Gasteiger charge is 1.97. The molecule has 0 saturated carbocycles. The molecule has 14 heavy (non-hydrogen) atoms. The molecule has 0 fully saturated rings. The van der Waals surface area contributed by atoms with Gasteiger partial charge in [-0.05, 0) is 0 Å². The Bertz CT molecular complexity index is 254. The molecule has 78 valence electrons. The zero-order chi connectivity index (χ0) is 10.8. The number of carbonyl (C=O) groups excluding carboxylic acids is 2. The van der Waals surface area contributed by atoms with Crippen molar-refractivity contribution in [3.8, 4) is 12.0 Å². The first-order chi connectivity index (χ1) is 6.70. The lowest BCUT2D eigenvalue weighted by molar-refractivity contribution is -0.140. The number of alkyl halides is 2. The van der Waals surface area contributed by atoms with Crippen LogP contribution in [0.1, 0.15) is 6.42 Å². The van der Waals surface area contributed by atoms with Crippen molar-refractivity contribution in [1.29, 1.82) is 0 Å². The molecule has 0 aromatic rings. The van der Waals surface area contributed by atoms with E-state index in [9.17, 15) is 9.59 Å². The summed E-state index contributed by atoms with van der Waals surface area (Å²) in [5.41, 5.74) is 0. The molecular formula is C8H8Br2O4. The van der Waals surface area contributed by atoms with E-state index in [1.54, 1.807) is 0 Å². The Labute approximate surface area is 98.6 Å². The summed E-state index contributed by atoms with van der Waals surface area (Å²) in [6, 6.07) is 0. The van der Waals surface area contributed by atoms with Crippen molar-refractivity contribution in [3.63, 3.8) is 0 Å². The number of halogens is 2. The van der Waals surface area contributed by atoms with E-state index < -0.39 is 5.97 Å². The summed E-state index contributed by atoms with van der Waals surface area (Å²) >= 11 is 5.85. The summed E-state index contributed by atoms with van der Waals surface area (Å²) in [6.45, 7) is 0.198. The van der Waals surface area contributed by atoms with E-state index >= 15 is 0 Å². The molecule has 0 amide bonds. The monoisotopic (exact) mass is 326 g/mol. The van der Waals surface area contributed by atoms with Crippen LogP contribution < -0.4 is 0 Å². The average molecular weight is 328 g/mol. The van der Waals surface area contributed by atoms with Gasteiger partial charge in [-0.25, -0.2) is 0 Å². The molecule has 0 aliphatic carbocycles. The first-order valence-electron chi connectivity index (χ1n) is 3.65. The molecule has 0 aromatic carbocycles. The van der Waals surface area contributed by atoms with Gasteiger partial charge in [0.15, 0.2) is 0 Å². The molecule has 0 N–H and O–H groups in total. The van der Waals surface area contributed by atoms with E-state index in [1.807, 2.05) is 0 Å². The Morgan fingerprint density at radius 3 is 2.36 bits per heavy atom. The van der Waals surface area contributed by atoms with Crippen molar-refractivity contribution >= 4 is 43.8 Å². The van der Waals surface area contributed by atoms with E-state index in [0.717, 1.165) is 0 Å². The second-order valence-corrected chi connectivity index (χ2v) is 3.11. The highest BCUT2D eigenvalue weighted by atomic mass is 79.9. The number of esters is 2. The third-order valence-electron chi connectivity index (χ3n) is 0.945. The second kappa shape index (κ2) is 9.03. The van der Waals surface area contributed by atoms with Gasteiger partial charge in [0.1, 0.15) is 23.4 Å². The number of ether oxygens (including phenoxy) is 2. The maximum Gasteiger partial charge on any atom is 0.330 e. The zero-order valence-corrected chi connectivity index (χ0v) is 10.4. The molecule has 0 aliphatic rings. The van der Waals surface area contributed by atoms with Crippen LogP contribution in [0.15, 0.2) is 0 Å². The average Bonchev–Trinajstić information content (AvgIpc) is 2.22. The molecule has 0 unspecified atom stereocenters. The smallest absolute Gasteiger partial charge is 0.330 e. The third-order valence-corrected chi connectivity index (χ3v) is 1.86. The zero-order valence-electron chi connectivity index (χ0n) is 7.22. The molecule has 0 saturated heterocycles. The van der Waals surface area contributed by atoms with Crippen LogP contribution in [0.4, 0.5) is 0 Å². The highest BCUT2D eigenvalue weighted by molar-refractivity contribution is 9.09. The fourth-order valence-corrected chi connectivity index (χ4v) is 0.702. The van der Waals surface area contributed by atoms with Crippen molar-refractivity contribution in [2.75, 3.05) is 17.3 Å². The van der Waals surface area contributed by atoms with Gasteiger partial charge >= 0.3 is 11.9 Å². The third kappa shape index (κ3) is 8.08. The molecule has 0 radical (unpaired) electrons. The number of rotatable bonds is 4. The Hall–Kier alpha value is -0.540. The SMILES string of the molecule is O=C(CBr)OC#CCCOC(=O)CBr. The Morgan fingerprint density at radius 2 is 1.79 bits per heavy atom. The van der Waals surface area contributed by atoms with Crippen molar-refractivity contribution in [3.05, 3.63) is 0 Å². The fourth-order valence-electron chi connectivity index (χ4n) is 0.426. The minimum atomic E-state index is -0.449. The van der Waals surface area contributed by atoms with Crippen LogP contribution in [-0.2, 0) is 19.1 Å². The van der Waals surface area contributed by atoms with Gasteiger partial charge in [0.25, 0.3) is 0 Å². The molecule has 4 nitrogen and oxygen atoms in total. The summed E-state index contributed by atoms with van der Waals surface area (Å²) in [5, 5.41) is 0.277. The molecule has 0 aromatic heterocycles. The van der Waals surface area contributed by atoms with Crippen LogP contribution >= 0.6 is 31.9 Å². The largest absolute Gasteiger partial charge is 0.464 e. The topological polar surface area (TPSA) is 52.6 Å². The second-order valence-electron chi connectivity index (χ2n) is 1.99. The predicted octanol–water partition coefficient (Wildman–Crippen LogP) is 1.21. The minimum Gasteiger partial charge on any atom is -0.464 e. The lowest BCUT2D eigenvalue weighted by Gasteiger charge is -1.96. The number of carbonyl (C=O) groups is 2. The van der Waals surface area contributed by atoms with E-state index in [0.29, 0.717) is 6.42 Å². The van der Waals surface area contributed by atoms with Gasteiger partial charge in [0.05, 0.1) is 0 Å². The van der Waals surface area contributed by atoms with Gasteiger partial charge < -0.3 is 9.47 Å². The number of hydrogen-bond donors (Lipinski definition) is 0. The van der Waals surface area contributed by atoms with Crippen LogP contribution in [0.5, 0.6) is 0 Å². The van der Waals surface area contributed by atoms with Crippen molar-refractivity contribution in [2.24, 2.45) is 0 Å². The fraction of sp³-hybridized carbons (Fsp3) is 0.500. The summed E-state index contributed by atoms with van der Waals surface area (Å²) in [7, 11) is 0. The van der Waals surface area contributed by atoms with Crippen LogP contribution in [0.25, 0.3) is 0 Å². The minimum absolute atomic E-state index is 0.111. The summed E-state index contributed by atoms with van der Waals surface area (Å²) in [5.74, 6) is 1.73. The molecule has 0 aliphatic heterocycles. The van der Waals surface area contributed by atoms with Gasteiger partial charge in [-0.2, -0.15) is 0 Å². The standard InChI is InChI=1S/C8H8Br2O4/c9-5-7(11)13-3-1-2-4-14-8(12)6-10/h1,3,5-6H2.